The van der Waals surface area contributed by atoms with E-state index in [9.17, 15) is 13.2 Å². The maximum Gasteiger partial charge on any atom is 0.393 e. The van der Waals surface area contributed by atoms with E-state index < -0.39 is 12.1 Å². The highest BCUT2D eigenvalue weighted by molar-refractivity contribution is 5.62. The van der Waals surface area contributed by atoms with Crippen molar-refractivity contribution in [3.63, 3.8) is 0 Å². The standard InChI is InChI=1S/C15H21F3N2O/c1-2-8-21-14-9-12(5-6-13(14)19)20-7-3-4-11(10-20)15(16,17)18/h5-6,9,11H,2-4,7-8,10,19H2,1H3. The third-order valence-corrected chi connectivity index (χ3v) is 3.71. The summed E-state index contributed by atoms with van der Waals surface area (Å²) in [6.45, 7) is 3.15. The van der Waals surface area contributed by atoms with Gasteiger partial charge in [0.2, 0.25) is 0 Å². The number of nitrogens with two attached hydrogens (primary N) is 1. The number of halogens is 3. The van der Waals surface area contributed by atoms with Crippen molar-refractivity contribution in [2.24, 2.45) is 5.92 Å². The van der Waals surface area contributed by atoms with E-state index in [-0.39, 0.29) is 13.0 Å². The first-order valence-electron chi connectivity index (χ1n) is 7.25. The second kappa shape index (κ2) is 6.45. The molecule has 0 spiro atoms. The number of hydrogen-bond acceptors (Lipinski definition) is 3. The number of ether oxygens (including phenoxy) is 1. The number of hydrogen-bond donors (Lipinski definition) is 1. The zero-order valence-electron chi connectivity index (χ0n) is 12.1. The van der Waals surface area contributed by atoms with E-state index in [2.05, 4.69) is 0 Å². The monoisotopic (exact) mass is 302 g/mol. The maximum atomic E-state index is 12.9. The van der Waals surface area contributed by atoms with Crippen LogP contribution in [0.4, 0.5) is 24.5 Å². The fourth-order valence-corrected chi connectivity index (χ4v) is 2.54. The lowest BCUT2D eigenvalue weighted by molar-refractivity contribution is -0.175. The second-order valence-corrected chi connectivity index (χ2v) is 5.40. The van der Waals surface area contributed by atoms with Crippen molar-refractivity contribution in [2.75, 3.05) is 30.3 Å². The Morgan fingerprint density at radius 1 is 1.38 bits per heavy atom. The predicted octanol–water partition coefficient (Wildman–Crippen LogP) is 3.84. The molecule has 1 saturated heterocycles. The minimum absolute atomic E-state index is 0.000631. The van der Waals surface area contributed by atoms with Crippen LogP contribution >= 0.6 is 0 Å². The number of nitrogens with zero attached hydrogens (tertiary/aromatic N) is 1. The van der Waals surface area contributed by atoms with E-state index in [0.717, 1.165) is 12.1 Å². The Hall–Kier alpha value is -1.59. The largest absolute Gasteiger partial charge is 0.491 e. The van der Waals surface area contributed by atoms with E-state index in [0.29, 0.717) is 31.0 Å². The average molecular weight is 302 g/mol. The molecular weight excluding hydrogens is 281 g/mol. The van der Waals surface area contributed by atoms with Crippen molar-refractivity contribution < 1.29 is 17.9 Å². The predicted molar refractivity (Wildman–Crippen MR) is 77.6 cm³/mol. The van der Waals surface area contributed by atoms with Crippen LogP contribution in [0.1, 0.15) is 26.2 Å². The van der Waals surface area contributed by atoms with Gasteiger partial charge in [-0.3, -0.25) is 0 Å². The molecule has 2 N–H and O–H groups in total. The van der Waals surface area contributed by atoms with Crippen molar-refractivity contribution in [1.82, 2.24) is 0 Å². The molecule has 3 nitrogen and oxygen atoms in total. The lowest BCUT2D eigenvalue weighted by Gasteiger charge is -2.35. The molecule has 1 aromatic rings. The third-order valence-electron chi connectivity index (χ3n) is 3.71. The van der Waals surface area contributed by atoms with Gasteiger partial charge in [0.05, 0.1) is 18.2 Å². The Morgan fingerprint density at radius 3 is 2.81 bits per heavy atom. The van der Waals surface area contributed by atoms with Crippen LogP contribution in [-0.2, 0) is 0 Å². The first-order chi connectivity index (χ1) is 9.91. The van der Waals surface area contributed by atoms with Gasteiger partial charge in [-0.1, -0.05) is 6.92 Å². The van der Waals surface area contributed by atoms with Gasteiger partial charge in [-0.15, -0.1) is 0 Å². The zero-order chi connectivity index (χ0) is 15.5. The number of rotatable bonds is 4. The average Bonchev–Trinajstić information content (AvgIpc) is 2.46. The Morgan fingerprint density at radius 2 is 2.14 bits per heavy atom. The molecule has 2 rings (SSSR count). The molecule has 1 fully saturated rings. The van der Waals surface area contributed by atoms with E-state index >= 15 is 0 Å². The summed E-state index contributed by atoms with van der Waals surface area (Å²) in [4.78, 5) is 1.76. The van der Waals surface area contributed by atoms with Gasteiger partial charge >= 0.3 is 6.18 Å². The molecule has 118 valence electrons. The van der Waals surface area contributed by atoms with Crippen molar-refractivity contribution >= 4 is 11.4 Å². The zero-order valence-corrected chi connectivity index (χ0v) is 12.1. The highest BCUT2D eigenvalue weighted by atomic mass is 19.4. The molecule has 1 aliphatic rings. The van der Waals surface area contributed by atoms with Gasteiger partial charge in [-0.25, -0.2) is 0 Å². The smallest absolute Gasteiger partial charge is 0.393 e. The summed E-state index contributed by atoms with van der Waals surface area (Å²) in [6, 6.07) is 5.19. The van der Waals surface area contributed by atoms with Gasteiger partial charge in [-0.2, -0.15) is 13.2 Å². The van der Waals surface area contributed by atoms with Crippen LogP contribution in [-0.4, -0.2) is 25.9 Å². The summed E-state index contributed by atoms with van der Waals surface area (Å²) >= 11 is 0. The minimum atomic E-state index is -4.13. The van der Waals surface area contributed by atoms with E-state index in [1.165, 1.54) is 0 Å². The number of benzene rings is 1. The van der Waals surface area contributed by atoms with Crippen molar-refractivity contribution in [3.05, 3.63) is 18.2 Å². The Balaban J connectivity index is 2.13. The van der Waals surface area contributed by atoms with Gasteiger partial charge in [0.1, 0.15) is 5.75 Å². The number of anilines is 2. The topological polar surface area (TPSA) is 38.5 Å². The molecule has 0 saturated carbocycles. The SMILES string of the molecule is CCCOc1cc(N2CCCC(C(F)(F)F)C2)ccc1N. The third kappa shape index (κ3) is 3.95. The van der Waals surface area contributed by atoms with Gasteiger partial charge < -0.3 is 15.4 Å². The summed E-state index contributed by atoms with van der Waals surface area (Å²) in [5.41, 5.74) is 7.08. The molecule has 6 heteroatoms. The fourth-order valence-electron chi connectivity index (χ4n) is 2.54. The van der Waals surface area contributed by atoms with Gasteiger partial charge in [0.25, 0.3) is 0 Å². The van der Waals surface area contributed by atoms with Crippen molar-refractivity contribution in [1.29, 1.82) is 0 Å². The number of alkyl halides is 3. The van der Waals surface area contributed by atoms with Crippen LogP contribution in [0.5, 0.6) is 5.75 Å². The Bertz CT molecular complexity index is 476. The fraction of sp³-hybridized carbons (Fsp3) is 0.600. The molecule has 1 aromatic carbocycles. The van der Waals surface area contributed by atoms with Crippen molar-refractivity contribution in [3.8, 4) is 5.75 Å². The normalized spacial score (nSPS) is 19.6. The van der Waals surface area contributed by atoms with Gasteiger partial charge in [-0.05, 0) is 31.4 Å². The van der Waals surface area contributed by atoms with Crippen LogP contribution in [0, 0.1) is 5.92 Å². The first-order valence-corrected chi connectivity index (χ1v) is 7.25. The number of piperidine rings is 1. The molecule has 0 aliphatic carbocycles. The highest BCUT2D eigenvalue weighted by Gasteiger charge is 2.41. The van der Waals surface area contributed by atoms with Crippen molar-refractivity contribution in [2.45, 2.75) is 32.4 Å². The summed E-state index contributed by atoms with van der Waals surface area (Å²) in [5.74, 6) is -0.715. The van der Waals surface area contributed by atoms with Crippen LogP contribution in [0.15, 0.2) is 18.2 Å². The molecule has 0 aromatic heterocycles. The van der Waals surface area contributed by atoms with Crippen LogP contribution in [0.25, 0.3) is 0 Å². The maximum absolute atomic E-state index is 12.9. The minimum Gasteiger partial charge on any atom is -0.491 e. The van der Waals surface area contributed by atoms with E-state index in [1.807, 2.05) is 6.92 Å². The Labute approximate surface area is 122 Å². The summed E-state index contributed by atoms with van der Waals surface area (Å²) in [7, 11) is 0. The summed E-state index contributed by atoms with van der Waals surface area (Å²) in [6.07, 6.45) is -2.54. The number of nitrogen functional groups attached to an aromatic ring is 1. The lowest BCUT2D eigenvalue weighted by atomic mass is 9.97. The highest BCUT2D eigenvalue weighted by Crippen LogP contribution is 2.36. The molecule has 1 atom stereocenters. The molecule has 1 aliphatic heterocycles. The summed E-state index contributed by atoms with van der Waals surface area (Å²) < 4.78 is 44.1. The van der Waals surface area contributed by atoms with Crippen LogP contribution < -0.4 is 15.4 Å². The Kier molecular flexibility index (Phi) is 4.85. The van der Waals surface area contributed by atoms with Crippen LogP contribution in [0.3, 0.4) is 0 Å². The summed E-state index contributed by atoms with van der Waals surface area (Å²) in [5, 5.41) is 0. The van der Waals surface area contributed by atoms with Gasteiger partial charge in [0, 0.05) is 24.8 Å². The molecule has 0 bridgehead atoms. The molecular formula is C15H21F3N2O. The molecule has 0 radical (unpaired) electrons. The first kappa shape index (κ1) is 15.8. The van der Waals surface area contributed by atoms with E-state index in [4.69, 9.17) is 10.5 Å². The molecule has 21 heavy (non-hydrogen) atoms. The van der Waals surface area contributed by atoms with E-state index in [1.54, 1.807) is 23.1 Å². The molecule has 1 heterocycles. The molecule has 1 unspecified atom stereocenters. The van der Waals surface area contributed by atoms with Gasteiger partial charge in [0.15, 0.2) is 0 Å². The molecule has 0 amide bonds. The second-order valence-electron chi connectivity index (χ2n) is 5.40. The lowest BCUT2D eigenvalue weighted by Crippen LogP contribution is -2.41. The quantitative estimate of drug-likeness (QED) is 0.859. The van der Waals surface area contributed by atoms with Crippen LogP contribution in [0.2, 0.25) is 0 Å².